The standard InChI is InChI=1S/C15H19NO2S/c1-4-7-12(19)16-13(17)10-8-5-6-9-11(10)15(2,3)14(16)18/h5-6,8-9,12,19H,4,7H2,1-3H3. The Morgan fingerprint density at radius 1 is 1.26 bits per heavy atom. The molecule has 2 amide bonds. The van der Waals surface area contributed by atoms with Crippen molar-refractivity contribution in [1.29, 1.82) is 0 Å². The second-order valence-electron chi connectivity index (χ2n) is 5.42. The van der Waals surface area contributed by atoms with Gasteiger partial charge in [-0.25, -0.2) is 0 Å². The lowest BCUT2D eigenvalue weighted by Gasteiger charge is -2.39. The molecule has 102 valence electrons. The van der Waals surface area contributed by atoms with Gasteiger partial charge in [-0.05, 0) is 31.9 Å². The molecule has 19 heavy (non-hydrogen) atoms. The number of hydrogen-bond donors (Lipinski definition) is 1. The maximum Gasteiger partial charge on any atom is 0.261 e. The second kappa shape index (κ2) is 5.00. The van der Waals surface area contributed by atoms with Gasteiger partial charge in [-0.2, -0.15) is 12.6 Å². The molecule has 0 fully saturated rings. The van der Waals surface area contributed by atoms with Crippen LogP contribution in [0.3, 0.4) is 0 Å². The first-order valence-corrected chi connectivity index (χ1v) is 7.08. The Balaban J connectivity index is 2.52. The molecule has 4 heteroatoms. The fourth-order valence-corrected chi connectivity index (χ4v) is 2.98. The molecule has 0 bridgehead atoms. The van der Waals surface area contributed by atoms with Crippen molar-refractivity contribution in [2.45, 2.75) is 44.4 Å². The highest BCUT2D eigenvalue weighted by Gasteiger charge is 2.45. The van der Waals surface area contributed by atoms with Gasteiger partial charge in [0, 0.05) is 5.56 Å². The van der Waals surface area contributed by atoms with Crippen LogP contribution in [0.2, 0.25) is 0 Å². The van der Waals surface area contributed by atoms with Gasteiger partial charge in [0.05, 0.1) is 10.8 Å². The van der Waals surface area contributed by atoms with Crippen molar-refractivity contribution in [3.63, 3.8) is 0 Å². The van der Waals surface area contributed by atoms with E-state index in [1.54, 1.807) is 6.07 Å². The molecule has 1 heterocycles. The predicted molar refractivity (Wildman–Crippen MR) is 78.3 cm³/mol. The highest BCUT2D eigenvalue weighted by molar-refractivity contribution is 7.80. The summed E-state index contributed by atoms with van der Waals surface area (Å²) in [6.07, 6.45) is 1.59. The maximum atomic E-state index is 12.6. The maximum absolute atomic E-state index is 12.6. The van der Waals surface area contributed by atoms with E-state index in [4.69, 9.17) is 0 Å². The molecule has 0 saturated carbocycles. The number of carbonyl (C=O) groups is 2. The summed E-state index contributed by atoms with van der Waals surface area (Å²) < 4.78 is 0. The van der Waals surface area contributed by atoms with Crippen LogP contribution in [-0.2, 0) is 10.2 Å². The lowest BCUT2D eigenvalue weighted by molar-refractivity contribution is -0.134. The molecule has 1 aromatic carbocycles. The van der Waals surface area contributed by atoms with Crippen LogP contribution in [0.5, 0.6) is 0 Å². The van der Waals surface area contributed by atoms with Crippen LogP contribution in [0.15, 0.2) is 24.3 Å². The minimum Gasteiger partial charge on any atom is -0.273 e. The molecule has 0 spiro atoms. The highest BCUT2D eigenvalue weighted by atomic mass is 32.1. The van der Waals surface area contributed by atoms with E-state index in [0.717, 1.165) is 12.0 Å². The number of imide groups is 1. The third-order valence-electron chi connectivity index (χ3n) is 3.65. The molecule has 3 nitrogen and oxygen atoms in total. The van der Waals surface area contributed by atoms with Gasteiger partial charge < -0.3 is 0 Å². The molecule has 1 unspecified atom stereocenters. The van der Waals surface area contributed by atoms with Gasteiger partial charge in [-0.3, -0.25) is 14.5 Å². The van der Waals surface area contributed by atoms with E-state index in [9.17, 15) is 9.59 Å². The molecule has 0 aliphatic carbocycles. The summed E-state index contributed by atoms with van der Waals surface area (Å²) >= 11 is 4.43. The number of hydrogen-bond acceptors (Lipinski definition) is 3. The number of carbonyl (C=O) groups excluding carboxylic acids is 2. The summed E-state index contributed by atoms with van der Waals surface area (Å²) in [5.41, 5.74) is 0.736. The summed E-state index contributed by atoms with van der Waals surface area (Å²) in [5.74, 6) is -0.391. The molecule has 2 rings (SSSR count). The quantitative estimate of drug-likeness (QED) is 0.681. The Hall–Kier alpha value is -1.29. The third-order valence-corrected chi connectivity index (χ3v) is 4.14. The van der Waals surface area contributed by atoms with Crippen molar-refractivity contribution in [3.8, 4) is 0 Å². The molecule has 1 aliphatic heterocycles. The van der Waals surface area contributed by atoms with Crippen molar-refractivity contribution in [1.82, 2.24) is 4.90 Å². The SMILES string of the molecule is CCCC(S)N1C(=O)c2ccccc2C(C)(C)C1=O. The van der Waals surface area contributed by atoms with E-state index in [2.05, 4.69) is 12.6 Å². The van der Waals surface area contributed by atoms with Crippen molar-refractivity contribution in [2.75, 3.05) is 0 Å². The van der Waals surface area contributed by atoms with E-state index in [-0.39, 0.29) is 17.2 Å². The van der Waals surface area contributed by atoms with Gasteiger partial charge in [-0.15, -0.1) is 0 Å². The molecular formula is C15H19NO2S. The topological polar surface area (TPSA) is 37.4 Å². The number of nitrogens with zero attached hydrogens (tertiary/aromatic N) is 1. The Labute approximate surface area is 119 Å². The summed E-state index contributed by atoms with van der Waals surface area (Å²) in [4.78, 5) is 26.4. The van der Waals surface area contributed by atoms with Gasteiger partial charge >= 0.3 is 0 Å². The van der Waals surface area contributed by atoms with Crippen LogP contribution in [-0.4, -0.2) is 22.1 Å². The van der Waals surface area contributed by atoms with Crippen LogP contribution >= 0.6 is 12.6 Å². The molecule has 0 radical (unpaired) electrons. The summed E-state index contributed by atoms with van der Waals surface area (Å²) in [6, 6.07) is 7.33. The molecular weight excluding hydrogens is 258 g/mol. The van der Waals surface area contributed by atoms with Crippen molar-refractivity contribution in [2.24, 2.45) is 0 Å². The molecule has 0 N–H and O–H groups in total. The average Bonchev–Trinajstić information content (AvgIpc) is 2.37. The Morgan fingerprint density at radius 2 is 1.89 bits per heavy atom. The van der Waals surface area contributed by atoms with E-state index in [1.807, 2.05) is 39.0 Å². The lowest BCUT2D eigenvalue weighted by atomic mass is 9.77. The molecule has 0 aromatic heterocycles. The first kappa shape index (κ1) is 14.1. The van der Waals surface area contributed by atoms with Crippen molar-refractivity contribution in [3.05, 3.63) is 35.4 Å². The zero-order chi connectivity index (χ0) is 14.2. The molecule has 0 saturated heterocycles. The number of fused-ring (bicyclic) bond motifs is 1. The lowest BCUT2D eigenvalue weighted by Crippen LogP contribution is -2.54. The summed E-state index contributed by atoms with van der Waals surface area (Å²) in [6.45, 7) is 5.74. The number of rotatable bonds is 3. The summed E-state index contributed by atoms with van der Waals surface area (Å²) in [5, 5.41) is -0.349. The largest absolute Gasteiger partial charge is 0.273 e. The van der Waals surface area contributed by atoms with E-state index in [1.165, 1.54) is 4.90 Å². The van der Waals surface area contributed by atoms with Gasteiger partial charge in [0.1, 0.15) is 0 Å². The van der Waals surface area contributed by atoms with Crippen LogP contribution < -0.4 is 0 Å². The van der Waals surface area contributed by atoms with Crippen molar-refractivity contribution < 1.29 is 9.59 Å². The highest BCUT2D eigenvalue weighted by Crippen LogP contribution is 2.36. The minimum absolute atomic E-state index is 0.162. The monoisotopic (exact) mass is 277 g/mol. The summed E-state index contributed by atoms with van der Waals surface area (Å²) in [7, 11) is 0. The second-order valence-corrected chi connectivity index (χ2v) is 6.02. The Bertz CT molecular complexity index is 525. The smallest absolute Gasteiger partial charge is 0.261 e. The zero-order valence-corrected chi connectivity index (χ0v) is 12.4. The van der Waals surface area contributed by atoms with Gasteiger partial charge in [0.15, 0.2) is 0 Å². The first-order chi connectivity index (χ1) is 8.91. The van der Waals surface area contributed by atoms with Crippen molar-refractivity contribution >= 4 is 24.4 Å². The van der Waals surface area contributed by atoms with Crippen LogP contribution in [0.25, 0.3) is 0 Å². The van der Waals surface area contributed by atoms with Crippen LogP contribution in [0.4, 0.5) is 0 Å². The Morgan fingerprint density at radius 3 is 2.53 bits per heavy atom. The molecule has 1 atom stereocenters. The fourth-order valence-electron chi connectivity index (χ4n) is 2.51. The predicted octanol–water partition coefficient (Wildman–Crippen LogP) is 3.00. The number of benzene rings is 1. The minimum atomic E-state index is -0.681. The molecule has 1 aromatic rings. The fraction of sp³-hybridized carbons (Fsp3) is 0.467. The van der Waals surface area contributed by atoms with Gasteiger partial charge in [-0.1, -0.05) is 31.5 Å². The van der Waals surface area contributed by atoms with Gasteiger partial charge in [0.25, 0.3) is 5.91 Å². The van der Waals surface area contributed by atoms with E-state index >= 15 is 0 Å². The normalized spacial score (nSPS) is 19.3. The van der Waals surface area contributed by atoms with Crippen LogP contribution in [0.1, 0.15) is 49.5 Å². The molecule has 1 aliphatic rings. The van der Waals surface area contributed by atoms with E-state index in [0.29, 0.717) is 12.0 Å². The average molecular weight is 277 g/mol. The number of thiol groups is 1. The van der Waals surface area contributed by atoms with Crippen LogP contribution in [0, 0.1) is 0 Å². The van der Waals surface area contributed by atoms with Gasteiger partial charge in [0.2, 0.25) is 5.91 Å². The van der Waals surface area contributed by atoms with E-state index < -0.39 is 5.41 Å². The first-order valence-electron chi connectivity index (χ1n) is 6.56. The Kier molecular flexibility index (Phi) is 3.72. The third kappa shape index (κ3) is 2.18. The number of amides is 2. The zero-order valence-electron chi connectivity index (χ0n) is 11.5.